The summed E-state index contributed by atoms with van der Waals surface area (Å²) >= 11 is 0. The Morgan fingerprint density at radius 1 is 0.984 bits per heavy atom. The minimum atomic E-state index is -0.788. The molecule has 1 aromatic rings. The topological polar surface area (TPSA) is 153 Å². The Hall–Kier alpha value is -3.58. The van der Waals surface area contributed by atoms with Crippen molar-refractivity contribution < 1.29 is 48.0 Å². The number of hydrogen-bond donors (Lipinski definition) is 2. The quantitative estimate of drug-likeness (QED) is 0.163. The molecule has 3 aliphatic heterocycles. The number of hydrogen-bond acceptors (Lipinski definition) is 10. The maximum Gasteiger partial charge on any atom is 0.339 e. The van der Waals surface area contributed by atoms with Crippen LogP contribution in [-0.4, -0.2) is 100 Å². The smallest absolute Gasteiger partial charge is 0.339 e. The number of aliphatic hydroxyl groups is 1. The molecule has 1 unspecified atom stereocenters. The molecule has 5 aliphatic carbocycles. The van der Waals surface area contributed by atoms with Gasteiger partial charge in [-0.25, -0.2) is 4.79 Å². The van der Waals surface area contributed by atoms with Crippen molar-refractivity contribution in [1.82, 2.24) is 10.2 Å². The van der Waals surface area contributed by atoms with Gasteiger partial charge in [-0.15, -0.1) is 0 Å². The van der Waals surface area contributed by atoms with Gasteiger partial charge in [-0.3, -0.25) is 14.4 Å². The zero-order valence-corrected chi connectivity index (χ0v) is 37.6. The number of carbonyl (C=O) groups is 4. The van der Waals surface area contributed by atoms with Gasteiger partial charge in [0.1, 0.15) is 30.0 Å². The normalized spacial score (nSPS) is 34.5. The van der Waals surface area contributed by atoms with Crippen LogP contribution in [0.5, 0.6) is 0 Å². The van der Waals surface area contributed by atoms with Crippen molar-refractivity contribution in [2.45, 2.75) is 185 Å². The number of esters is 2. The number of amides is 2. The summed E-state index contributed by atoms with van der Waals surface area (Å²) in [5.74, 6) is -0.719. The lowest BCUT2D eigenvalue weighted by molar-refractivity contribution is -0.209. The van der Waals surface area contributed by atoms with Crippen LogP contribution in [0, 0.1) is 29.1 Å². The lowest BCUT2D eigenvalue weighted by Gasteiger charge is -2.53. The van der Waals surface area contributed by atoms with E-state index in [0.29, 0.717) is 42.4 Å². The van der Waals surface area contributed by atoms with Crippen LogP contribution in [0.1, 0.15) is 147 Å². The van der Waals surface area contributed by atoms with Crippen LogP contribution < -0.4 is 5.32 Å². The van der Waals surface area contributed by atoms with E-state index < -0.39 is 53.7 Å². The van der Waals surface area contributed by atoms with E-state index >= 15 is 0 Å². The molecule has 0 bridgehead atoms. The first-order chi connectivity index (χ1) is 29.5. The summed E-state index contributed by atoms with van der Waals surface area (Å²) in [7, 11) is 0. The fourth-order valence-corrected chi connectivity index (χ4v) is 11.6. The molecule has 7 fully saturated rings. The first-order valence-corrected chi connectivity index (χ1v) is 23.7. The molecule has 0 radical (unpaired) electrons. The standard InChI is InChI=1S/C50H68N2O10/c1-47(2,3)61-42(54)20-18-34(28-53)51-44(55)38-12-9-23-52(38)45(56)31-25-39(43-40(26-31)59-50(62-43,32-14-15-32)33-16-17-33)58-46(57)35-11-8-7-10-29(35)24-30-13-19-41-49(6,60-41)22-21-37-36(30)27-48(37,4)5/h7-8,10-11,24,26,32-34,36-41,43,53H,9,12-23,25,27-28H2,1-6H3,(H,51,55)/t34-,36+,37+,38+,39+,40+,41?,43-,49+/m0/s1. The van der Waals surface area contributed by atoms with Crippen LogP contribution in [0.2, 0.25) is 0 Å². The van der Waals surface area contributed by atoms with E-state index in [4.69, 9.17) is 23.7 Å². The van der Waals surface area contributed by atoms with E-state index in [1.807, 2.05) is 30.3 Å². The second-order valence-electron chi connectivity index (χ2n) is 21.7. The van der Waals surface area contributed by atoms with Crippen LogP contribution in [-0.2, 0) is 38.1 Å². The number of nitrogens with zero attached hydrogens (tertiary/aromatic N) is 1. The molecular formula is C50H68N2O10. The number of fused-ring (bicyclic) bond motifs is 3. The highest BCUT2D eigenvalue weighted by Gasteiger charge is 2.65. The first kappa shape index (κ1) is 43.7. The van der Waals surface area contributed by atoms with Gasteiger partial charge in [0.25, 0.3) is 0 Å². The molecule has 9 rings (SSSR count). The van der Waals surface area contributed by atoms with Gasteiger partial charge in [0.15, 0.2) is 5.79 Å². The van der Waals surface area contributed by atoms with Gasteiger partial charge >= 0.3 is 11.9 Å². The molecule has 4 saturated carbocycles. The fourth-order valence-electron chi connectivity index (χ4n) is 11.6. The van der Waals surface area contributed by atoms with Crippen molar-refractivity contribution in [2.24, 2.45) is 29.1 Å². The average Bonchev–Trinajstić information content (AvgIpc) is 4.18. The number of aliphatic hydroxyl groups excluding tert-OH is 1. The number of epoxide rings is 1. The van der Waals surface area contributed by atoms with Gasteiger partial charge in [-0.2, -0.15) is 0 Å². The Morgan fingerprint density at radius 3 is 2.42 bits per heavy atom. The van der Waals surface area contributed by atoms with Crippen molar-refractivity contribution in [1.29, 1.82) is 0 Å². The molecule has 338 valence electrons. The van der Waals surface area contributed by atoms with Gasteiger partial charge in [0.05, 0.1) is 29.9 Å². The van der Waals surface area contributed by atoms with Gasteiger partial charge in [0, 0.05) is 36.8 Å². The summed E-state index contributed by atoms with van der Waals surface area (Å²) in [6.45, 7) is 12.4. The molecule has 3 heterocycles. The molecular weight excluding hydrogens is 789 g/mol. The van der Waals surface area contributed by atoms with Gasteiger partial charge in [0.2, 0.25) is 11.8 Å². The molecule has 0 aromatic heterocycles. The Morgan fingerprint density at radius 2 is 1.73 bits per heavy atom. The van der Waals surface area contributed by atoms with Gasteiger partial charge < -0.3 is 39.0 Å². The lowest BCUT2D eigenvalue weighted by Crippen LogP contribution is -2.51. The van der Waals surface area contributed by atoms with Gasteiger partial charge in [-0.1, -0.05) is 43.7 Å². The summed E-state index contributed by atoms with van der Waals surface area (Å²) in [6.07, 6.45) is 13.2. The third-order valence-corrected chi connectivity index (χ3v) is 15.4. The fraction of sp³-hybridized carbons (Fsp3) is 0.720. The van der Waals surface area contributed by atoms with Crippen molar-refractivity contribution >= 4 is 29.8 Å². The highest BCUT2D eigenvalue weighted by molar-refractivity contribution is 5.98. The zero-order valence-electron chi connectivity index (χ0n) is 37.6. The summed E-state index contributed by atoms with van der Waals surface area (Å²) < 4.78 is 32.0. The van der Waals surface area contributed by atoms with Crippen LogP contribution >= 0.6 is 0 Å². The van der Waals surface area contributed by atoms with Crippen molar-refractivity contribution in [3.05, 3.63) is 52.6 Å². The molecule has 8 aliphatic rings. The molecule has 2 N–H and O–H groups in total. The molecule has 2 amide bonds. The van der Waals surface area contributed by atoms with Crippen LogP contribution in [0.4, 0.5) is 0 Å². The second kappa shape index (κ2) is 16.4. The number of ether oxygens (including phenoxy) is 5. The van der Waals surface area contributed by atoms with Crippen LogP contribution in [0.3, 0.4) is 0 Å². The molecule has 1 aromatic carbocycles. The van der Waals surface area contributed by atoms with Crippen molar-refractivity contribution in [3.8, 4) is 0 Å². The average molecular weight is 857 g/mol. The van der Waals surface area contributed by atoms with E-state index in [9.17, 15) is 24.3 Å². The van der Waals surface area contributed by atoms with E-state index in [2.05, 4.69) is 32.2 Å². The lowest BCUT2D eigenvalue weighted by atomic mass is 9.52. The maximum atomic E-state index is 14.6. The minimum Gasteiger partial charge on any atom is -0.460 e. The van der Waals surface area contributed by atoms with E-state index in [1.54, 1.807) is 25.7 Å². The van der Waals surface area contributed by atoms with Crippen molar-refractivity contribution in [3.63, 3.8) is 0 Å². The Kier molecular flexibility index (Phi) is 11.6. The van der Waals surface area contributed by atoms with Crippen LogP contribution in [0.25, 0.3) is 6.08 Å². The number of benzene rings is 1. The highest BCUT2D eigenvalue weighted by atomic mass is 16.8. The summed E-state index contributed by atoms with van der Waals surface area (Å²) in [5.41, 5.74) is 2.74. The molecule has 9 atom stereocenters. The monoisotopic (exact) mass is 856 g/mol. The number of likely N-dealkylation sites (tertiary alicyclic amines) is 1. The number of carbonyl (C=O) groups excluding carboxylic acids is 4. The van der Waals surface area contributed by atoms with Gasteiger partial charge in [-0.05, 0) is 140 Å². The number of allylic oxidation sites excluding steroid dienone is 1. The Labute approximate surface area is 366 Å². The molecule has 12 nitrogen and oxygen atoms in total. The van der Waals surface area contributed by atoms with E-state index in [-0.39, 0.29) is 66.6 Å². The van der Waals surface area contributed by atoms with Crippen molar-refractivity contribution in [2.75, 3.05) is 13.2 Å². The summed E-state index contributed by atoms with van der Waals surface area (Å²) in [5, 5.41) is 13.0. The summed E-state index contributed by atoms with van der Waals surface area (Å²) in [4.78, 5) is 56.8. The van der Waals surface area contributed by atoms with E-state index in [1.165, 1.54) is 5.57 Å². The predicted molar refractivity (Wildman–Crippen MR) is 230 cm³/mol. The predicted octanol–water partition coefficient (Wildman–Crippen LogP) is 7.21. The number of nitrogens with one attached hydrogen (secondary N) is 1. The highest BCUT2D eigenvalue weighted by Crippen LogP contribution is 2.61. The molecule has 12 heteroatoms. The molecule has 3 saturated heterocycles. The first-order valence-electron chi connectivity index (χ1n) is 23.7. The van der Waals surface area contributed by atoms with E-state index in [0.717, 1.165) is 63.4 Å². The minimum absolute atomic E-state index is 0.0158. The largest absolute Gasteiger partial charge is 0.460 e. The molecule has 0 spiro atoms. The third kappa shape index (κ3) is 8.79. The molecule has 62 heavy (non-hydrogen) atoms. The summed E-state index contributed by atoms with van der Waals surface area (Å²) in [6, 6.07) is 6.25. The third-order valence-electron chi connectivity index (χ3n) is 15.4. The second-order valence-corrected chi connectivity index (χ2v) is 21.7. The van der Waals surface area contributed by atoms with Crippen LogP contribution in [0.15, 0.2) is 41.5 Å². The zero-order chi connectivity index (χ0) is 43.8. The number of rotatable bonds is 12. The SMILES string of the molecule is CC(C)(C)OC(=O)CC[C@@H](CO)NC(=O)[C@H]1CCCN1C(=O)C1=C[C@H]2OC(C3CC3)(C3CC3)O[C@H]2[C@H](OC(=O)c2ccccc2C=C2CCC3O[C@]3(C)CC[C@@H]3[C@@H]2CC3(C)C)C1. The Balaban J connectivity index is 0.934. The Bertz CT molecular complexity index is 1980. The maximum absolute atomic E-state index is 14.6.